The molecule has 1 amide bonds. The first kappa shape index (κ1) is 25.3. The predicted octanol–water partition coefficient (Wildman–Crippen LogP) is 3.32. The second-order valence-electron chi connectivity index (χ2n) is 9.14. The first-order chi connectivity index (χ1) is 14.8. The molecule has 0 aromatic heterocycles. The van der Waals surface area contributed by atoms with Crippen LogP contribution in [0.25, 0.3) is 6.08 Å². The Morgan fingerprint density at radius 1 is 1.09 bits per heavy atom. The number of amides is 1. The van der Waals surface area contributed by atoms with Gasteiger partial charge in [0.1, 0.15) is 18.9 Å². The van der Waals surface area contributed by atoms with Crippen LogP contribution in [0.15, 0.2) is 42.0 Å². The van der Waals surface area contributed by atoms with Crippen LogP contribution in [0.1, 0.15) is 43.2 Å². The quantitative estimate of drug-likeness (QED) is 0.431. The van der Waals surface area contributed by atoms with Crippen molar-refractivity contribution in [1.29, 1.82) is 0 Å². The average molecular weight is 587 g/mol. The Bertz CT molecular complexity index is 1000. The number of anilines is 1. The fraction of sp³-hybridized carbons (Fsp3) is 0.400. The molecule has 7 heteroatoms. The third-order valence-electron chi connectivity index (χ3n) is 6.41. The smallest absolute Gasteiger partial charge is 0.255 e. The molecule has 172 valence electrons. The molecule has 0 spiro atoms. The van der Waals surface area contributed by atoms with Gasteiger partial charge in [-0.25, -0.2) is 0 Å². The number of carbonyl (C=O) groups excluding carboxylic acids is 1. The van der Waals surface area contributed by atoms with Gasteiger partial charge in [-0.3, -0.25) is 4.79 Å². The van der Waals surface area contributed by atoms with Crippen molar-refractivity contribution >= 4 is 40.9 Å². The Morgan fingerprint density at radius 3 is 2.47 bits per heavy atom. The van der Waals surface area contributed by atoms with E-state index in [9.17, 15) is 4.79 Å². The number of hydrogen-bond acceptors (Lipinski definition) is 2. The van der Waals surface area contributed by atoms with Gasteiger partial charge in [-0.15, -0.1) is 0 Å². The number of hydrogen-bond donors (Lipinski definition) is 1. The number of benzene rings is 2. The van der Waals surface area contributed by atoms with E-state index in [1.54, 1.807) is 18.2 Å². The molecule has 2 aromatic rings. The van der Waals surface area contributed by atoms with Crippen LogP contribution in [0.5, 0.6) is 5.75 Å². The molecule has 1 N–H and O–H groups in total. The Morgan fingerprint density at radius 2 is 1.78 bits per heavy atom. The fourth-order valence-electron chi connectivity index (χ4n) is 4.61. The summed E-state index contributed by atoms with van der Waals surface area (Å²) in [5.74, 6) is 0.403. The highest BCUT2D eigenvalue weighted by Crippen LogP contribution is 2.35. The molecule has 2 aromatic carbocycles. The first-order valence-electron chi connectivity index (χ1n) is 10.9. The number of halogens is 3. The summed E-state index contributed by atoms with van der Waals surface area (Å²) in [5.41, 5.74) is 3.26. The number of carbonyl (C=O) groups is 1. The van der Waals surface area contributed by atoms with Gasteiger partial charge in [0.05, 0.1) is 30.7 Å². The summed E-state index contributed by atoms with van der Waals surface area (Å²) in [7, 11) is 4.66. The molecule has 0 unspecified atom stereocenters. The molecule has 2 aliphatic rings. The van der Waals surface area contributed by atoms with Gasteiger partial charge in [0.15, 0.2) is 0 Å². The summed E-state index contributed by atoms with van der Waals surface area (Å²) in [5, 5.41) is 3.94. The van der Waals surface area contributed by atoms with Crippen LogP contribution in [-0.2, 0) is 11.3 Å². The van der Waals surface area contributed by atoms with Crippen molar-refractivity contribution < 1.29 is 38.0 Å². The maximum Gasteiger partial charge on any atom is 0.255 e. The molecule has 1 saturated carbocycles. The van der Waals surface area contributed by atoms with Gasteiger partial charge in [0.25, 0.3) is 5.91 Å². The maximum absolute atomic E-state index is 12.7. The van der Waals surface area contributed by atoms with Crippen molar-refractivity contribution in [3.05, 3.63) is 63.1 Å². The molecule has 0 atom stereocenters. The van der Waals surface area contributed by atoms with Crippen molar-refractivity contribution in [3.8, 4) is 5.75 Å². The van der Waals surface area contributed by atoms with Crippen LogP contribution in [0.4, 0.5) is 5.69 Å². The van der Waals surface area contributed by atoms with E-state index in [2.05, 4.69) is 31.5 Å². The summed E-state index contributed by atoms with van der Waals surface area (Å²) in [4.78, 5) is 12.7. The van der Waals surface area contributed by atoms with Crippen molar-refractivity contribution in [2.75, 3.05) is 26.0 Å². The maximum atomic E-state index is 12.7. The highest BCUT2D eigenvalue weighted by atomic mass is 127. The van der Waals surface area contributed by atoms with E-state index in [1.807, 2.05) is 12.1 Å². The van der Waals surface area contributed by atoms with Gasteiger partial charge in [-0.05, 0) is 56.0 Å². The lowest BCUT2D eigenvalue weighted by atomic mass is 9.92. The number of nitrogens with zero attached hydrogens (tertiary/aromatic N) is 1. The Balaban J connectivity index is 0.00000289. The number of rotatable bonds is 5. The minimum absolute atomic E-state index is 0. The standard InChI is InChI=1S/C25H28Cl2N2O2.HI/c1-29(2,21-6-4-3-5-7-21)15-17-8-10-20(11-9-17)28-25(30)18-12-22-23(27)13-19(26)14-24(22)31-16-18;/h8-14,21H,3-7,15-16H2,1-2H3;1H. The van der Waals surface area contributed by atoms with Crippen molar-refractivity contribution in [2.45, 2.75) is 44.7 Å². The minimum Gasteiger partial charge on any atom is -1.00 e. The van der Waals surface area contributed by atoms with E-state index in [-0.39, 0.29) is 36.5 Å². The number of fused-ring (bicyclic) bond motifs is 1. The van der Waals surface area contributed by atoms with Gasteiger partial charge in [-0.2, -0.15) is 0 Å². The Kier molecular flexibility index (Phi) is 8.53. The lowest BCUT2D eigenvalue weighted by Crippen LogP contribution is -3.00. The molecular weight excluding hydrogens is 558 g/mol. The summed E-state index contributed by atoms with van der Waals surface area (Å²) in [6.45, 7) is 1.18. The van der Waals surface area contributed by atoms with Crippen LogP contribution in [0.2, 0.25) is 10.0 Å². The number of quaternary nitrogens is 1. The molecule has 32 heavy (non-hydrogen) atoms. The number of nitrogens with one attached hydrogen (secondary N) is 1. The highest BCUT2D eigenvalue weighted by Gasteiger charge is 2.29. The van der Waals surface area contributed by atoms with E-state index in [1.165, 1.54) is 37.7 Å². The van der Waals surface area contributed by atoms with E-state index < -0.39 is 0 Å². The second-order valence-corrected chi connectivity index (χ2v) is 9.98. The fourth-order valence-corrected chi connectivity index (χ4v) is 5.14. The van der Waals surface area contributed by atoms with Crippen LogP contribution in [0, 0.1) is 0 Å². The zero-order valence-corrected chi connectivity index (χ0v) is 22.1. The number of ether oxygens (including phenoxy) is 1. The van der Waals surface area contributed by atoms with Gasteiger partial charge < -0.3 is 38.5 Å². The summed E-state index contributed by atoms with van der Waals surface area (Å²) < 4.78 is 6.70. The third-order valence-corrected chi connectivity index (χ3v) is 6.95. The molecule has 0 saturated heterocycles. The molecule has 1 fully saturated rings. The zero-order valence-electron chi connectivity index (χ0n) is 18.5. The van der Waals surface area contributed by atoms with Gasteiger partial charge in [-0.1, -0.05) is 41.8 Å². The van der Waals surface area contributed by atoms with Crippen LogP contribution >= 0.6 is 23.2 Å². The van der Waals surface area contributed by atoms with E-state index in [0.29, 0.717) is 26.9 Å². The average Bonchev–Trinajstić information content (AvgIpc) is 2.75. The van der Waals surface area contributed by atoms with Crippen molar-refractivity contribution in [1.82, 2.24) is 0 Å². The molecule has 0 bridgehead atoms. The lowest BCUT2D eigenvalue weighted by Gasteiger charge is -2.40. The summed E-state index contributed by atoms with van der Waals surface area (Å²) >= 11 is 12.3. The van der Waals surface area contributed by atoms with E-state index in [4.69, 9.17) is 27.9 Å². The van der Waals surface area contributed by atoms with E-state index in [0.717, 1.165) is 22.8 Å². The van der Waals surface area contributed by atoms with E-state index >= 15 is 0 Å². The first-order valence-corrected chi connectivity index (χ1v) is 11.6. The Hall–Kier alpha value is -1.28. The molecular formula is C25H29Cl2IN2O2. The molecule has 1 aliphatic heterocycles. The van der Waals surface area contributed by atoms with Crippen LogP contribution < -0.4 is 34.0 Å². The summed E-state index contributed by atoms with van der Waals surface area (Å²) in [6, 6.07) is 12.2. The zero-order chi connectivity index (χ0) is 22.0. The van der Waals surface area contributed by atoms with Crippen molar-refractivity contribution in [3.63, 3.8) is 0 Å². The largest absolute Gasteiger partial charge is 1.00 e. The SMILES string of the molecule is C[N+](C)(Cc1ccc(NC(=O)C2=Cc3c(Cl)cc(Cl)cc3OC2)cc1)C1CCCCC1.[I-]. The molecule has 0 radical (unpaired) electrons. The normalized spacial score (nSPS) is 16.3. The van der Waals surface area contributed by atoms with Gasteiger partial charge >= 0.3 is 0 Å². The monoisotopic (exact) mass is 586 g/mol. The third kappa shape index (κ3) is 5.99. The van der Waals surface area contributed by atoms with Gasteiger partial charge in [0.2, 0.25) is 0 Å². The molecule has 1 heterocycles. The van der Waals surface area contributed by atoms with Gasteiger partial charge in [0, 0.05) is 21.8 Å². The topological polar surface area (TPSA) is 38.3 Å². The Labute approximate surface area is 217 Å². The molecule has 4 nitrogen and oxygen atoms in total. The lowest BCUT2D eigenvalue weighted by molar-refractivity contribution is -0.929. The summed E-state index contributed by atoms with van der Waals surface area (Å²) in [6.07, 6.45) is 8.47. The second kappa shape index (κ2) is 10.8. The molecule has 4 rings (SSSR count). The predicted molar refractivity (Wildman–Crippen MR) is 128 cm³/mol. The van der Waals surface area contributed by atoms with Crippen molar-refractivity contribution in [2.24, 2.45) is 0 Å². The van der Waals surface area contributed by atoms with Crippen LogP contribution in [0.3, 0.4) is 0 Å². The molecule has 1 aliphatic carbocycles. The van der Waals surface area contributed by atoms with Crippen LogP contribution in [-0.4, -0.2) is 37.1 Å². The minimum atomic E-state index is -0.192. The highest BCUT2D eigenvalue weighted by molar-refractivity contribution is 6.36.